The summed E-state index contributed by atoms with van der Waals surface area (Å²) < 4.78 is 0. The van der Waals surface area contributed by atoms with Gasteiger partial charge in [0.2, 0.25) is 0 Å². The molecule has 1 heterocycles. The highest BCUT2D eigenvalue weighted by Crippen LogP contribution is 2.37. The van der Waals surface area contributed by atoms with E-state index in [4.69, 9.17) is 0 Å². The summed E-state index contributed by atoms with van der Waals surface area (Å²) in [6, 6.07) is 0. The predicted molar refractivity (Wildman–Crippen MR) is 60.4 cm³/mol. The van der Waals surface area contributed by atoms with Crippen LogP contribution in [0.4, 0.5) is 0 Å². The first-order valence-electron chi connectivity index (χ1n) is 5.55. The highest BCUT2D eigenvalue weighted by molar-refractivity contribution is 5.83. The first-order chi connectivity index (χ1) is 6.49. The fourth-order valence-electron chi connectivity index (χ4n) is 2.65. The smallest absolute Gasteiger partial charge is 0.0983 e. The molecule has 0 aromatic heterocycles. The van der Waals surface area contributed by atoms with E-state index in [1.165, 1.54) is 30.5 Å². The zero-order chi connectivity index (χ0) is 10.3. The van der Waals surface area contributed by atoms with Crippen molar-refractivity contribution < 1.29 is 0 Å². The number of amidine groups is 1. The van der Waals surface area contributed by atoms with E-state index in [0.717, 1.165) is 11.8 Å². The molecule has 0 bridgehead atoms. The lowest BCUT2D eigenvalue weighted by Gasteiger charge is -2.37. The standard InChI is InChI=1S/C12H20N2/c1-8-5-6-10-11(7-8)13-9(2)14-12(10,3)4/h8H,5-7H2,1-4H3,(H,13,14)/t8-/m1/s1. The Morgan fingerprint density at radius 2 is 2.14 bits per heavy atom. The summed E-state index contributed by atoms with van der Waals surface area (Å²) in [6.45, 7) is 8.84. The molecule has 0 saturated heterocycles. The van der Waals surface area contributed by atoms with Gasteiger partial charge in [-0.05, 0) is 51.5 Å². The largest absolute Gasteiger partial charge is 0.348 e. The van der Waals surface area contributed by atoms with Crippen LogP contribution in [0.3, 0.4) is 0 Å². The van der Waals surface area contributed by atoms with Crippen molar-refractivity contribution in [2.75, 3.05) is 0 Å². The first-order valence-corrected chi connectivity index (χ1v) is 5.55. The molecule has 0 radical (unpaired) electrons. The lowest BCUT2D eigenvalue weighted by molar-refractivity contribution is 0.432. The van der Waals surface area contributed by atoms with Gasteiger partial charge in [-0.1, -0.05) is 6.92 Å². The molecule has 78 valence electrons. The molecule has 0 aromatic rings. The number of nitrogens with zero attached hydrogens (tertiary/aromatic N) is 1. The number of hydrogen-bond acceptors (Lipinski definition) is 2. The van der Waals surface area contributed by atoms with Gasteiger partial charge >= 0.3 is 0 Å². The number of hydrogen-bond donors (Lipinski definition) is 1. The molecule has 2 rings (SSSR count). The summed E-state index contributed by atoms with van der Waals surface area (Å²) in [4.78, 5) is 4.67. The van der Waals surface area contributed by atoms with Crippen LogP contribution in [0.15, 0.2) is 16.3 Å². The van der Waals surface area contributed by atoms with Gasteiger partial charge < -0.3 is 5.32 Å². The van der Waals surface area contributed by atoms with Crippen LogP contribution < -0.4 is 5.32 Å². The van der Waals surface area contributed by atoms with Crippen molar-refractivity contribution in [1.29, 1.82) is 0 Å². The molecule has 1 N–H and O–H groups in total. The molecule has 2 heteroatoms. The van der Waals surface area contributed by atoms with E-state index in [1.54, 1.807) is 0 Å². The van der Waals surface area contributed by atoms with Crippen LogP contribution in [0, 0.1) is 5.92 Å². The molecule has 0 saturated carbocycles. The highest BCUT2D eigenvalue weighted by Gasteiger charge is 2.32. The molecule has 1 aliphatic heterocycles. The normalized spacial score (nSPS) is 30.6. The molecule has 0 spiro atoms. The van der Waals surface area contributed by atoms with Crippen molar-refractivity contribution >= 4 is 5.84 Å². The minimum Gasteiger partial charge on any atom is -0.348 e. The fraction of sp³-hybridized carbons (Fsp3) is 0.750. The zero-order valence-electron chi connectivity index (χ0n) is 9.65. The Balaban J connectivity index is 2.33. The zero-order valence-corrected chi connectivity index (χ0v) is 9.65. The van der Waals surface area contributed by atoms with Gasteiger partial charge in [0.05, 0.1) is 11.4 Å². The van der Waals surface area contributed by atoms with E-state index in [9.17, 15) is 0 Å². The van der Waals surface area contributed by atoms with Crippen LogP contribution in [-0.2, 0) is 0 Å². The van der Waals surface area contributed by atoms with Crippen molar-refractivity contribution in [2.45, 2.75) is 52.5 Å². The SMILES string of the molecule is CC1=NC(C)(C)C2=C(C[C@H](C)CC2)N1. The Morgan fingerprint density at radius 3 is 2.86 bits per heavy atom. The third kappa shape index (κ3) is 1.58. The van der Waals surface area contributed by atoms with Crippen LogP contribution in [0.1, 0.15) is 47.0 Å². The second kappa shape index (κ2) is 3.11. The van der Waals surface area contributed by atoms with E-state index >= 15 is 0 Å². The van der Waals surface area contributed by atoms with Crippen LogP contribution in [-0.4, -0.2) is 11.4 Å². The fourth-order valence-corrected chi connectivity index (χ4v) is 2.65. The summed E-state index contributed by atoms with van der Waals surface area (Å²) in [6.07, 6.45) is 3.73. The Hall–Kier alpha value is -0.790. The summed E-state index contributed by atoms with van der Waals surface area (Å²) >= 11 is 0. The summed E-state index contributed by atoms with van der Waals surface area (Å²) in [5.41, 5.74) is 3.01. The van der Waals surface area contributed by atoms with Gasteiger partial charge in [-0.25, -0.2) is 0 Å². The van der Waals surface area contributed by atoms with Gasteiger partial charge in [0.1, 0.15) is 0 Å². The molecule has 2 aliphatic rings. The van der Waals surface area contributed by atoms with E-state index < -0.39 is 0 Å². The predicted octanol–water partition coefficient (Wildman–Crippen LogP) is 2.86. The van der Waals surface area contributed by atoms with E-state index in [1.807, 2.05) is 0 Å². The van der Waals surface area contributed by atoms with Crippen LogP contribution in [0.25, 0.3) is 0 Å². The quantitative estimate of drug-likeness (QED) is 0.627. The van der Waals surface area contributed by atoms with Gasteiger partial charge in [-0.3, -0.25) is 4.99 Å². The lowest BCUT2D eigenvalue weighted by Crippen LogP contribution is -2.38. The number of allylic oxidation sites excluding steroid dienone is 1. The third-order valence-corrected chi connectivity index (χ3v) is 3.32. The molecular formula is C12H20N2. The van der Waals surface area contributed by atoms with E-state index in [0.29, 0.717) is 0 Å². The second-order valence-corrected chi connectivity index (χ2v) is 5.19. The molecule has 0 aromatic carbocycles. The lowest BCUT2D eigenvalue weighted by atomic mass is 9.79. The average molecular weight is 192 g/mol. The Morgan fingerprint density at radius 1 is 1.43 bits per heavy atom. The van der Waals surface area contributed by atoms with Crippen molar-refractivity contribution in [3.05, 3.63) is 11.3 Å². The second-order valence-electron chi connectivity index (χ2n) is 5.19. The minimum absolute atomic E-state index is 0.0325. The van der Waals surface area contributed by atoms with Crippen LogP contribution in [0.2, 0.25) is 0 Å². The molecular weight excluding hydrogens is 172 g/mol. The first kappa shape index (κ1) is 9.75. The van der Waals surface area contributed by atoms with Gasteiger partial charge in [-0.15, -0.1) is 0 Å². The maximum Gasteiger partial charge on any atom is 0.0983 e. The van der Waals surface area contributed by atoms with Crippen LogP contribution >= 0.6 is 0 Å². The highest BCUT2D eigenvalue weighted by atomic mass is 15.1. The topological polar surface area (TPSA) is 24.4 Å². The Kier molecular flexibility index (Phi) is 2.17. The van der Waals surface area contributed by atoms with Crippen molar-refractivity contribution in [1.82, 2.24) is 5.32 Å². The van der Waals surface area contributed by atoms with Gasteiger partial charge in [0.25, 0.3) is 0 Å². The number of nitrogens with one attached hydrogen (secondary N) is 1. The molecule has 1 aliphatic carbocycles. The van der Waals surface area contributed by atoms with Gasteiger partial charge in [-0.2, -0.15) is 0 Å². The summed E-state index contributed by atoms with van der Waals surface area (Å²) in [5.74, 6) is 1.89. The Labute approximate surface area is 86.5 Å². The average Bonchev–Trinajstić information content (AvgIpc) is 2.00. The van der Waals surface area contributed by atoms with Gasteiger partial charge in [0.15, 0.2) is 0 Å². The molecule has 0 fully saturated rings. The molecule has 14 heavy (non-hydrogen) atoms. The van der Waals surface area contributed by atoms with Crippen LogP contribution in [0.5, 0.6) is 0 Å². The summed E-state index contributed by atoms with van der Waals surface area (Å²) in [7, 11) is 0. The molecule has 2 nitrogen and oxygen atoms in total. The maximum absolute atomic E-state index is 4.67. The minimum atomic E-state index is 0.0325. The maximum atomic E-state index is 4.67. The number of rotatable bonds is 0. The van der Waals surface area contributed by atoms with Gasteiger partial charge in [0, 0.05) is 5.70 Å². The molecule has 1 atom stereocenters. The van der Waals surface area contributed by atoms with Crippen molar-refractivity contribution in [2.24, 2.45) is 10.9 Å². The van der Waals surface area contributed by atoms with Crippen molar-refractivity contribution in [3.8, 4) is 0 Å². The summed E-state index contributed by atoms with van der Waals surface area (Å²) in [5, 5.41) is 3.43. The monoisotopic (exact) mass is 192 g/mol. The molecule has 0 unspecified atom stereocenters. The number of aliphatic imine (C=N–C) groups is 1. The molecule has 0 amide bonds. The van der Waals surface area contributed by atoms with E-state index in [2.05, 4.69) is 38.0 Å². The van der Waals surface area contributed by atoms with Crippen molar-refractivity contribution in [3.63, 3.8) is 0 Å². The third-order valence-electron chi connectivity index (χ3n) is 3.32. The van der Waals surface area contributed by atoms with E-state index in [-0.39, 0.29) is 5.54 Å². The Bertz CT molecular complexity index is 310.